The summed E-state index contributed by atoms with van der Waals surface area (Å²) in [6.07, 6.45) is 2.52. The Labute approximate surface area is 126 Å². The van der Waals surface area contributed by atoms with E-state index in [1.165, 1.54) is 18.2 Å². The van der Waals surface area contributed by atoms with Gasteiger partial charge in [0.25, 0.3) is 0 Å². The van der Waals surface area contributed by atoms with Gasteiger partial charge < -0.3 is 15.0 Å². The molecule has 4 nitrogen and oxygen atoms in total. The molecule has 0 aliphatic carbocycles. The molecule has 1 aromatic carbocycles. The summed E-state index contributed by atoms with van der Waals surface area (Å²) in [6, 6.07) is 13.1. The Morgan fingerprint density at radius 3 is 3.00 bits per heavy atom. The molecule has 1 aliphatic rings. The maximum absolute atomic E-state index is 5.26. The predicted molar refractivity (Wildman–Crippen MR) is 86.9 cm³/mol. The van der Waals surface area contributed by atoms with Crippen molar-refractivity contribution in [3.63, 3.8) is 0 Å². The molecule has 21 heavy (non-hydrogen) atoms. The number of nitrogens with zero attached hydrogens (tertiary/aromatic N) is 2. The number of fused-ring (bicyclic) bond motifs is 1. The SMILES string of the molecule is COCCN(CC1CCCN1)c1ccc2ccccc2n1. The van der Waals surface area contributed by atoms with E-state index < -0.39 is 0 Å². The van der Waals surface area contributed by atoms with Crippen LogP contribution in [0.2, 0.25) is 0 Å². The lowest BCUT2D eigenvalue weighted by Crippen LogP contribution is -2.39. The summed E-state index contributed by atoms with van der Waals surface area (Å²) in [4.78, 5) is 7.15. The van der Waals surface area contributed by atoms with Crippen LogP contribution in [0.15, 0.2) is 36.4 Å². The third-order valence-electron chi connectivity index (χ3n) is 4.08. The van der Waals surface area contributed by atoms with E-state index >= 15 is 0 Å². The maximum atomic E-state index is 5.26. The summed E-state index contributed by atoms with van der Waals surface area (Å²) in [6.45, 7) is 3.73. The number of methoxy groups -OCH3 is 1. The quantitative estimate of drug-likeness (QED) is 0.884. The van der Waals surface area contributed by atoms with Gasteiger partial charge in [-0.25, -0.2) is 4.98 Å². The molecule has 1 aromatic heterocycles. The Hall–Kier alpha value is -1.65. The van der Waals surface area contributed by atoms with Crippen LogP contribution in [0.5, 0.6) is 0 Å². The van der Waals surface area contributed by atoms with Crippen LogP contribution < -0.4 is 10.2 Å². The number of benzene rings is 1. The second kappa shape index (κ2) is 6.87. The zero-order chi connectivity index (χ0) is 14.5. The number of rotatable bonds is 6. The van der Waals surface area contributed by atoms with Crippen molar-refractivity contribution in [2.75, 3.05) is 38.3 Å². The normalized spacial score (nSPS) is 18.2. The maximum Gasteiger partial charge on any atom is 0.129 e. The van der Waals surface area contributed by atoms with Gasteiger partial charge in [0.15, 0.2) is 0 Å². The number of hydrogen-bond donors (Lipinski definition) is 1. The molecule has 1 saturated heterocycles. The highest BCUT2D eigenvalue weighted by atomic mass is 16.5. The molecular weight excluding hydrogens is 262 g/mol. The van der Waals surface area contributed by atoms with Gasteiger partial charge in [0.1, 0.15) is 5.82 Å². The first-order valence-corrected chi connectivity index (χ1v) is 7.70. The fraction of sp³-hybridized carbons (Fsp3) is 0.471. The summed E-state index contributed by atoms with van der Waals surface area (Å²) in [7, 11) is 1.75. The molecule has 2 heterocycles. The lowest BCUT2D eigenvalue weighted by atomic mass is 10.2. The van der Waals surface area contributed by atoms with Gasteiger partial charge in [-0.2, -0.15) is 0 Å². The molecule has 0 radical (unpaired) electrons. The molecule has 3 rings (SSSR count). The fourth-order valence-corrected chi connectivity index (χ4v) is 2.91. The molecule has 0 spiro atoms. The minimum Gasteiger partial charge on any atom is -0.383 e. The van der Waals surface area contributed by atoms with Gasteiger partial charge in [-0.15, -0.1) is 0 Å². The Balaban J connectivity index is 1.81. The smallest absolute Gasteiger partial charge is 0.129 e. The second-order valence-corrected chi connectivity index (χ2v) is 5.59. The first-order chi connectivity index (χ1) is 10.4. The highest BCUT2D eigenvalue weighted by Crippen LogP contribution is 2.19. The van der Waals surface area contributed by atoms with Crippen LogP contribution in [-0.4, -0.2) is 44.4 Å². The molecule has 1 atom stereocenters. The summed E-state index contributed by atoms with van der Waals surface area (Å²) in [5, 5.41) is 4.75. The number of anilines is 1. The largest absolute Gasteiger partial charge is 0.383 e. The molecule has 1 aliphatic heterocycles. The average molecular weight is 285 g/mol. The molecule has 0 bridgehead atoms. The number of pyridine rings is 1. The highest BCUT2D eigenvalue weighted by Gasteiger charge is 2.18. The third kappa shape index (κ3) is 3.52. The van der Waals surface area contributed by atoms with Gasteiger partial charge in [-0.1, -0.05) is 18.2 Å². The van der Waals surface area contributed by atoms with Crippen molar-refractivity contribution in [2.24, 2.45) is 0 Å². The van der Waals surface area contributed by atoms with Gasteiger partial charge >= 0.3 is 0 Å². The first-order valence-electron chi connectivity index (χ1n) is 7.70. The molecule has 1 fully saturated rings. The van der Waals surface area contributed by atoms with Crippen LogP contribution in [0.1, 0.15) is 12.8 Å². The van der Waals surface area contributed by atoms with Crippen LogP contribution in [0, 0.1) is 0 Å². The zero-order valence-electron chi connectivity index (χ0n) is 12.6. The Kier molecular flexibility index (Phi) is 4.68. The number of nitrogens with one attached hydrogen (secondary N) is 1. The van der Waals surface area contributed by atoms with Crippen LogP contribution in [-0.2, 0) is 4.74 Å². The van der Waals surface area contributed by atoms with E-state index in [4.69, 9.17) is 9.72 Å². The second-order valence-electron chi connectivity index (χ2n) is 5.59. The average Bonchev–Trinajstić information content (AvgIpc) is 3.04. The minimum atomic E-state index is 0.565. The molecule has 1 unspecified atom stereocenters. The molecule has 0 amide bonds. The van der Waals surface area contributed by atoms with Crippen LogP contribution in [0.3, 0.4) is 0 Å². The Morgan fingerprint density at radius 2 is 2.19 bits per heavy atom. The lowest BCUT2D eigenvalue weighted by Gasteiger charge is -2.27. The molecular formula is C17H23N3O. The highest BCUT2D eigenvalue weighted by molar-refractivity contribution is 5.80. The van der Waals surface area contributed by atoms with Gasteiger partial charge in [0.05, 0.1) is 12.1 Å². The fourth-order valence-electron chi connectivity index (χ4n) is 2.91. The van der Waals surface area contributed by atoms with E-state index in [9.17, 15) is 0 Å². The molecule has 112 valence electrons. The van der Waals surface area contributed by atoms with Crippen molar-refractivity contribution in [3.05, 3.63) is 36.4 Å². The standard InChI is InChI=1S/C17H23N3O/c1-21-12-11-20(13-15-6-4-10-18-15)17-9-8-14-5-2-3-7-16(14)19-17/h2-3,5,7-9,15,18H,4,6,10-13H2,1H3. The number of hydrogen-bond acceptors (Lipinski definition) is 4. The van der Waals surface area contributed by atoms with Crippen molar-refractivity contribution < 1.29 is 4.74 Å². The third-order valence-corrected chi connectivity index (χ3v) is 4.08. The van der Waals surface area contributed by atoms with Crippen LogP contribution in [0.4, 0.5) is 5.82 Å². The summed E-state index contributed by atoms with van der Waals surface area (Å²) in [5.74, 6) is 1.04. The number of para-hydroxylation sites is 1. The predicted octanol–water partition coefficient (Wildman–Crippen LogP) is 2.44. The van der Waals surface area contributed by atoms with E-state index in [0.29, 0.717) is 6.04 Å². The number of ether oxygens (including phenoxy) is 1. The monoisotopic (exact) mass is 285 g/mol. The lowest BCUT2D eigenvalue weighted by molar-refractivity contribution is 0.204. The van der Waals surface area contributed by atoms with Gasteiger partial charge in [-0.05, 0) is 37.6 Å². The Morgan fingerprint density at radius 1 is 1.29 bits per heavy atom. The molecule has 0 saturated carbocycles. The topological polar surface area (TPSA) is 37.4 Å². The summed E-state index contributed by atoms with van der Waals surface area (Å²) in [5.41, 5.74) is 1.05. The molecule has 4 heteroatoms. The van der Waals surface area contributed by atoms with Gasteiger partial charge in [0.2, 0.25) is 0 Å². The van der Waals surface area contributed by atoms with E-state index in [0.717, 1.165) is 37.6 Å². The van der Waals surface area contributed by atoms with Crippen LogP contribution >= 0.6 is 0 Å². The zero-order valence-corrected chi connectivity index (χ0v) is 12.6. The van der Waals surface area contributed by atoms with Crippen molar-refractivity contribution in [1.82, 2.24) is 10.3 Å². The number of aromatic nitrogens is 1. The van der Waals surface area contributed by atoms with Crippen LogP contribution in [0.25, 0.3) is 10.9 Å². The minimum absolute atomic E-state index is 0.565. The summed E-state index contributed by atoms with van der Waals surface area (Å²) < 4.78 is 5.26. The van der Waals surface area contributed by atoms with E-state index in [1.807, 2.05) is 6.07 Å². The molecule has 1 N–H and O–H groups in total. The van der Waals surface area contributed by atoms with E-state index in [1.54, 1.807) is 7.11 Å². The Bertz CT molecular complexity index is 581. The van der Waals surface area contributed by atoms with Crippen molar-refractivity contribution >= 4 is 16.7 Å². The van der Waals surface area contributed by atoms with Gasteiger partial charge in [-0.3, -0.25) is 0 Å². The summed E-state index contributed by atoms with van der Waals surface area (Å²) >= 11 is 0. The van der Waals surface area contributed by atoms with Crippen molar-refractivity contribution in [3.8, 4) is 0 Å². The first kappa shape index (κ1) is 14.3. The van der Waals surface area contributed by atoms with Crippen molar-refractivity contribution in [1.29, 1.82) is 0 Å². The van der Waals surface area contributed by atoms with E-state index in [-0.39, 0.29) is 0 Å². The van der Waals surface area contributed by atoms with E-state index in [2.05, 4.69) is 40.5 Å². The van der Waals surface area contributed by atoms with Crippen molar-refractivity contribution in [2.45, 2.75) is 18.9 Å². The van der Waals surface area contributed by atoms with Gasteiger partial charge in [0, 0.05) is 31.6 Å². The molecule has 2 aromatic rings.